The minimum absolute atomic E-state index is 0.757. The summed E-state index contributed by atoms with van der Waals surface area (Å²) in [5.74, 6) is 0.987. The van der Waals surface area contributed by atoms with Gasteiger partial charge in [-0.15, -0.1) is 10.2 Å². The largest absolute Gasteiger partial charge is 0.308 e. The van der Waals surface area contributed by atoms with Crippen molar-refractivity contribution in [3.63, 3.8) is 0 Å². The molecule has 0 amide bonds. The highest BCUT2D eigenvalue weighted by molar-refractivity contribution is 7.97. The van der Waals surface area contributed by atoms with E-state index in [-0.39, 0.29) is 0 Å². The Balaban J connectivity index is 1.81. The Morgan fingerprint density at radius 2 is 2.23 bits per heavy atom. The molecule has 1 fully saturated rings. The molecule has 0 unspecified atom stereocenters. The summed E-state index contributed by atoms with van der Waals surface area (Å²) >= 11 is 3.51. The molecule has 72 valence electrons. The molecule has 1 aromatic rings. The van der Waals surface area contributed by atoms with Crippen molar-refractivity contribution < 1.29 is 0 Å². The summed E-state index contributed by atoms with van der Waals surface area (Å²) in [5, 5.41) is 13.9. The van der Waals surface area contributed by atoms with Gasteiger partial charge in [0.2, 0.25) is 0 Å². The maximum Gasteiger partial charge on any atom is 0.131 e. The third kappa shape index (κ3) is 2.93. The highest BCUT2D eigenvalue weighted by atomic mass is 32.2. The molecule has 1 aliphatic rings. The van der Waals surface area contributed by atoms with Gasteiger partial charge in [-0.3, -0.25) is 0 Å². The van der Waals surface area contributed by atoms with Crippen molar-refractivity contribution in [2.75, 3.05) is 6.26 Å². The molecule has 5 heteroatoms. The standard InChI is InChI=1S/C8H13N3S2/c1-12-5-8-11-10-7(13-8)4-9-6-2-3-6/h6,9H,2-5H2,1H3. The summed E-state index contributed by atoms with van der Waals surface area (Å²) in [7, 11) is 0. The minimum Gasteiger partial charge on any atom is -0.308 e. The van der Waals surface area contributed by atoms with Gasteiger partial charge >= 0.3 is 0 Å². The zero-order valence-corrected chi connectivity index (χ0v) is 9.25. The lowest BCUT2D eigenvalue weighted by Gasteiger charge is -1.95. The van der Waals surface area contributed by atoms with Crippen LogP contribution in [0.5, 0.6) is 0 Å². The van der Waals surface area contributed by atoms with Crippen LogP contribution in [0.3, 0.4) is 0 Å². The highest BCUT2D eigenvalue weighted by Gasteiger charge is 2.20. The second kappa shape index (κ2) is 4.39. The van der Waals surface area contributed by atoms with E-state index in [9.17, 15) is 0 Å². The molecular formula is C8H13N3S2. The predicted molar refractivity (Wildman–Crippen MR) is 57.0 cm³/mol. The van der Waals surface area contributed by atoms with Crippen molar-refractivity contribution >= 4 is 23.1 Å². The van der Waals surface area contributed by atoms with Crippen molar-refractivity contribution in [2.45, 2.75) is 31.2 Å². The molecule has 1 aliphatic carbocycles. The zero-order valence-electron chi connectivity index (χ0n) is 7.62. The molecule has 1 saturated carbocycles. The van der Waals surface area contributed by atoms with Crippen molar-refractivity contribution in [2.24, 2.45) is 0 Å². The molecule has 0 spiro atoms. The van der Waals surface area contributed by atoms with Crippen LogP contribution in [0.4, 0.5) is 0 Å². The Labute approximate surface area is 86.3 Å². The van der Waals surface area contributed by atoms with E-state index in [1.165, 1.54) is 12.8 Å². The van der Waals surface area contributed by atoms with Gasteiger partial charge in [-0.05, 0) is 19.1 Å². The molecule has 1 aromatic heterocycles. The van der Waals surface area contributed by atoms with Gasteiger partial charge in [0.25, 0.3) is 0 Å². The molecule has 0 saturated heterocycles. The lowest BCUT2D eigenvalue weighted by atomic mass is 10.6. The maximum absolute atomic E-state index is 4.13. The van der Waals surface area contributed by atoms with E-state index in [0.29, 0.717) is 0 Å². The van der Waals surface area contributed by atoms with Crippen LogP contribution in [0.15, 0.2) is 0 Å². The molecule has 0 aromatic carbocycles. The number of hydrogen-bond acceptors (Lipinski definition) is 5. The van der Waals surface area contributed by atoms with E-state index < -0.39 is 0 Å². The molecule has 0 radical (unpaired) electrons. The molecule has 13 heavy (non-hydrogen) atoms. The van der Waals surface area contributed by atoms with E-state index in [1.807, 2.05) is 0 Å². The van der Waals surface area contributed by atoms with Gasteiger partial charge in [-0.25, -0.2) is 0 Å². The lowest BCUT2D eigenvalue weighted by Crippen LogP contribution is -2.14. The predicted octanol–water partition coefficient (Wildman–Crippen LogP) is 1.65. The van der Waals surface area contributed by atoms with E-state index in [0.717, 1.165) is 28.4 Å². The summed E-state index contributed by atoms with van der Waals surface area (Å²) < 4.78 is 0. The molecule has 2 rings (SSSR count). The molecule has 1 heterocycles. The Morgan fingerprint density at radius 1 is 1.46 bits per heavy atom. The Kier molecular flexibility index (Phi) is 3.18. The van der Waals surface area contributed by atoms with Crippen LogP contribution >= 0.6 is 23.1 Å². The summed E-state index contributed by atoms with van der Waals surface area (Å²) in [6.07, 6.45) is 4.75. The first-order chi connectivity index (χ1) is 6.38. The number of nitrogens with one attached hydrogen (secondary N) is 1. The number of hydrogen-bond donors (Lipinski definition) is 1. The monoisotopic (exact) mass is 215 g/mol. The van der Waals surface area contributed by atoms with Gasteiger partial charge in [0, 0.05) is 18.3 Å². The second-order valence-corrected chi connectivity index (χ2v) is 5.19. The Hall–Kier alpha value is -0.130. The molecular weight excluding hydrogens is 202 g/mol. The first-order valence-electron chi connectivity index (χ1n) is 4.42. The van der Waals surface area contributed by atoms with Crippen LogP contribution < -0.4 is 5.32 Å². The van der Waals surface area contributed by atoms with Crippen molar-refractivity contribution in [3.05, 3.63) is 10.0 Å². The number of nitrogens with zero attached hydrogens (tertiary/aromatic N) is 2. The van der Waals surface area contributed by atoms with Crippen LogP contribution in [-0.4, -0.2) is 22.5 Å². The molecule has 3 nitrogen and oxygen atoms in total. The van der Waals surface area contributed by atoms with Crippen molar-refractivity contribution in [3.8, 4) is 0 Å². The normalized spacial score (nSPS) is 16.4. The quantitative estimate of drug-likeness (QED) is 0.810. The van der Waals surface area contributed by atoms with Gasteiger partial charge < -0.3 is 5.32 Å². The topological polar surface area (TPSA) is 37.8 Å². The molecule has 1 N–H and O–H groups in total. The van der Waals surface area contributed by atoms with Crippen LogP contribution in [0.1, 0.15) is 22.9 Å². The Bertz CT molecular complexity index is 270. The van der Waals surface area contributed by atoms with Crippen LogP contribution in [0.2, 0.25) is 0 Å². The second-order valence-electron chi connectivity index (χ2n) is 3.18. The number of aromatic nitrogens is 2. The fraction of sp³-hybridized carbons (Fsp3) is 0.750. The molecule has 0 bridgehead atoms. The molecule has 0 aliphatic heterocycles. The van der Waals surface area contributed by atoms with E-state index in [4.69, 9.17) is 0 Å². The first-order valence-corrected chi connectivity index (χ1v) is 6.63. The lowest BCUT2D eigenvalue weighted by molar-refractivity contribution is 0.678. The summed E-state index contributed by atoms with van der Waals surface area (Å²) in [5.41, 5.74) is 0. The number of thioether (sulfide) groups is 1. The SMILES string of the molecule is CSCc1nnc(CNC2CC2)s1. The highest BCUT2D eigenvalue weighted by Crippen LogP contribution is 2.20. The maximum atomic E-state index is 4.13. The average molecular weight is 215 g/mol. The average Bonchev–Trinajstić information content (AvgIpc) is 2.85. The van der Waals surface area contributed by atoms with E-state index >= 15 is 0 Å². The van der Waals surface area contributed by atoms with Crippen LogP contribution in [0.25, 0.3) is 0 Å². The molecule has 0 atom stereocenters. The first kappa shape index (κ1) is 9.43. The van der Waals surface area contributed by atoms with Crippen LogP contribution in [0, 0.1) is 0 Å². The smallest absolute Gasteiger partial charge is 0.131 e. The summed E-state index contributed by atoms with van der Waals surface area (Å²) in [4.78, 5) is 0. The Morgan fingerprint density at radius 3 is 2.92 bits per heavy atom. The van der Waals surface area contributed by atoms with Gasteiger partial charge in [0.15, 0.2) is 0 Å². The van der Waals surface area contributed by atoms with E-state index in [2.05, 4.69) is 21.8 Å². The van der Waals surface area contributed by atoms with Gasteiger partial charge in [0.05, 0.1) is 0 Å². The van der Waals surface area contributed by atoms with E-state index in [1.54, 1.807) is 23.1 Å². The summed E-state index contributed by atoms with van der Waals surface area (Å²) in [6, 6.07) is 0.757. The third-order valence-corrected chi connectivity index (χ3v) is 3.56. The van der Waals surface area contributed by atoms with Gasteiger partial charge in [0.1, 0.15) is 10.0 Å². The van der Waals surface area contributed by atoms with Crippen molar-refractivity contribution in [1.82, 2.24) is 15.5 Å². The number of rotatable bonds is 5. The van der Waals surface area contributed by atoms with Crippen LogP contribution in [-0.2, 0) is 12.3 Å². The zero-order chi connectivity index (χ0) is 9.10. The fourth-order valence-corrected chi connectivity index (χ4v) is 2.55. The minimum atomic E-state index is 0.757. The third-order valence-electron chi connectivity index (χ3n) is 1.90. The van der Waals surface area contributed by atoms with Gasteiger partial charge in [-0.2, -0.15) is 11.8 Å². The fourth-order valence-electron chi connectivity index (χ4n) is 1.06. The summed E-state index contributed by atoms with van der Waals surface area (Å²) in [6.45, 7) is 0.900. The van der Waals surface area contributed by atoms with Crippen molar-refractivity contribution in [1.29, 1.82) is 0 Å². The van der Waals surface area contributed by atoms with Gasteiger partial charge in [-0.1, -0.05) is 11.3 Å².